The number of alkyl carbamates (subject to hydrolysis) is 1. The molecular weight excluding hydrogens is 787 g/mol. The summed E-state index contributed by atoms with van der Waals surface area (Å²) in [6.07, 6.45) is 0.881. The van der Waals surface area contributed by atoms with Gasteiger partial charge in [-0.3, -0.25) is 19.1 Å². The van der Waals surface area contributed by atoms with Crippen molar-refractivity contribution in [1.82, 2.24) is 30.2 Å². The van der Waals surface area contributed by atoms with Crippen LogP contribution in [-0.4, -0.2) is 109 Å². The third-order valence-electron chi connectivity index (χ3n) is 10.3. The zero-order chi connectivity index (χ0) is 42.5. The Bertz CT molecular complexity index is 2230. The monoisotopic (exact) mass is 839 g/mol. The average molecular weight is 840 g/mol. The second-order valence-electron chi connectivity index (χ2n) is 17.4. The van der Waals surface area contributed by atoms with E-state index < -0.39 is 79.7 Å². The van der Waals surface area contributed by atoms with E-state index in [-0.39, 0.29) is 25.3 Å². The zero-order valence-electron chi connectivity index (χ0n) is 34.4. The first-order valence-electron chi connectivity index (χ1n) is 19.1. The molecule has 6 rings (SSSR count). The molecule has 3 aromatic rings. The van der Waals surface area contributed by atoms with Crippen molar-refractivity contribution in [1.29, 1.82) is 0 Å². The van der Waals surface area contributed by atoms with Gasteiger partial charge < -0.3 is 34.6 Å². The smallest absolute Gasteiger partial charge is 0.408 e. The molecule has 2 aliphatic carbocycles. The number of anilines is 1. The van der Waals surface area contributed by atoms with Crippen molar-refractivity contribution in [3.05, 3.63) is 42.3 Å². The van der Waals surface area contributed by atoms with Crippen LogP contribution in [0.5, 0.6) is 11.6 Å². The van der Waals surface area contributed by atoms with Crippen LogP contribution in [-0.2, 0) is 29.1 Å². The number of methoxy groups -OCH3 is 1. The van der Waals surface area contributed by atoms with Gasteiger partial charge >= 0.3 is 6.09 Å². The normalized spacial score (nSPS) is 22.4. The molecule has 18 heteroatoms. The van der Waals surface area contributed by atoms with Crippen LogP contribution in [0.1, 0.15) is 67.2 Å². The summed E-state index contributed by atoms with van der Waals surface area (Å²) in [5.74, 6) is -1.82. The topological polar surface area (TPSA) is 198 Å². The van der Waals surface area contributed by atoms with Crippen LogP contribution in [0.25, 0.3) is 22.2 Å². The quantitative estimate of drug-likeness (QED) is 0.206. The van der Waals surface area contributed by atoms with Crippen molar-refractivity contribution in [2.24, 2.45) is 11.3 Å². The van der Waals surface area contributed by atoms with Gasteiger partial charge in [0.1, 0.15) is 40.8 Å². The minimum absolute atomic E-state index is 0.0251. The van der Waals surface area contributed by atoms with Crippen molar-refractivity contribution in [2.45, 2.75) is 102 Å². The van der Waals surface area contributed by atoms with Gasteiger partial charge in [0.25, 0.3) is 5.91 Å². The number of nitrogens with one attached hydrogen (secondary N) is 3. The molecule has 1 saturated heterocycles. The van der Waals surface area contributed by atoms with Gasteiger partial charge in [-0.05, 0) is 75.1 Å². The number of ether oxygens (including phenoxy) is 3. The van der Waals surface area contributed by atoms with Crippen molar-refractivity contribution in [3.63, 3.8) is 0 Å². The van der Waals surface area contributed by atoms with E-state index in [0.717, 1.165) is 10.5 Å². The predicted octanol–water partition coefficient (Wildman–Crippen LogP) is 4.39. The lowest BCUT2D eigenvalue weighted by atomic mass is 9.85. The molecule has 0 unspecified atom stereocenters. The minimum atomic E-state index is -3.93. The van der Waals surface area contributed by atoms with Gasteiger partial charge in [0.05, 0.1) is 24.6 Å². The minimum Gasteiger partial charge on any atom is -0.497 e. The third kappa shape index (κ3) is 9.17. The number of hydrogen-bond acceptors (Lipinski definition) is 13. The number of carbonyl (C=O) groups is 4. The number of fused-ring (bicyclic) bond motifs is 1. The summed E-state index contributed by atoms with van der Waals surface area (Å²) >= 11 is 1.46. The molecule has 2 saturated carbocycles. The Morgan fingerprint density at radius 3 is 2.34 bits per heavy atom. The van der Waals surface area contributed by atoms with E-state index in [9.17, 15) is 27.6 Å². The maximum absolute atomic E-state index is 14.7. The second-order valence-corrected chi connectivity index (χ2v) is 20.2. The van der Waals surface area contributed by atoms with E-state index >= 15 is 0 Å². The Hall–Kier alpha value is -4.97. The molecule has 0 spiro atoms. The lowest BCUT2D eigenvalue weighted by Gasteiger charge is -2.36. The number of pyridine rings is 1. The van der Waals surface area contributed by atoms with Crippen molar-refractivity contribution >= 4 is 61.1 Å². The third-order valence-corrected chi connectivity index (χ3v) is 13.1. The second kappa shape index (κ2) is 15.7. The van der Waals surface area contributed by atoms with Gasteiger partial charge in [-0.1, -0.05) is 26.8 Å². The number of hydrogen-bond donors (Lipinski definition) is 3. The highest BCUT2D eigenvalue weighted by molar-refractivity contribution is 7.91. The Morgan fingerprint density at radius 2 is 1.78 bits per heavy atom. The lowest BCUT2D eigenvalue weighted by Crippen LogP contribution is -2.60. The maximum atomic E-state index is 14.7. The van der Waals surface area contributed by atoms with Crippen LogP contribution >= 0.6 is 11.3 Å². The fraction of sp³-hybridized carbons (Fsp3) is 0.550. The molecule has 1 aliphatic heterocycles. The van der Waals surface area contributed by atoms with Gasteiger partial charge in [0.15, 0.2) is 5.13 Å². The molecular formula is C40H53N7O9S2. The van der Waals surface area contributed by atoms with Crippen LogP contribution < -0.4 is 29.7 Å². The molecule has 4 amide bonds. The molecule has 1 aromatic carbocycles. The van der Waals surface area contributed by atoms with Crippen molar-refractivity contribution in [3.8, 4) is 23.0 Å². The van der Waals surface area contributed by atoms with Gasteiger partial charge in [-0.15, -0.1) is 17.9 Å². The summed E-state index contributed by atoms with van der Waals surface area (Å²) in [5, 5.41) is 8.95. The first kappa shape index (κ1) is 42.6. The lowest BCUT2D eigenvalue weighted by molar-refractivity contribution is -0.143. The Balaban J connectivity index is 1.35. The summed E-state index contributed by atoms with van der Waals surface area (Å²) < 4.78 is 45.4. The molecule has 3 fully saturated rings. The van der Waals surface area contributed by atoms with E-state index in [0.29, 0.717) is 35.4 Å². The van der Waals surface area contributed by atoms with Crippen LogP contribution in [0.2, 0.25) is 0 Å². The standard InChI is InChI=1S/C40H53N7O9S2/c1-11-23-19-40(23,35(50)45-58(52,53)26-13-14-26)44-32(48)30-18-25(20-47(30)34(49)31(38(2,3)4)43-37(51)56-39(5,6)7)55-33-27-15-12-24(54-10)16-22(27)17-28(41-33)29-21-57-36(42-29)46(8)9/h11-12,15-17,21,23,25-26,30-31H,1,13-14,18-20H2,2-10H3,(H,43,51)(H,44,48)(H,45,50)/t23-,25+,30-,31+,40+/m0/s1. The van der Waals surface area contributed by atoms with Gasteiger partial charge in [-0.2, -0.15) is 0 Å². The number of aromatic nitrogens is 2. The number of likely N-dealkylation sites (tertiary alicyclic amines) is 1. The Morgan fingerprint density at radius 1 is 1.07 bits per heavy atom. The van der Waals surface area contributed by atoms with E-state index in [1.54, 1.807) is 54.7 Å². The number of thiazole rings is 1. The highest BCUT2D eigenvalue weighted by atomic mass is 32.2. The molecule has 2 aromatic heterocycles. The molecule has 3 N–H and O–H groups in total. The average Bonchev–Trinajstić information content (AvgIpc) is 4.01. The van der Waals surface area contributed by atoms with E-state index in [2.05, 4.69) is 21.9 Å². The molecule has 16 nitrogen and oxygen atoms in total. The molecule has 0 radical (unpaired) electrons. The van der Waals surface area contributed by atoms with Crippen molar-refractivity contribution < 1.29 is 41.8 Å². The van der Waals surface area contributed by atoms with Gasteiger partial charge in [0.2, 0.25) is 27.7 Å². The highest BCUT2D eigenvalue weighted by Crippen LogP contribution is 2.46. The number of rotatable bonds is 13. The Labute approximate surface area is 343 Å². The highest BCUT2D eigenvalue weighted by Gasteiger charge is 2.62. The van der Waals surface area contributed by atoms with E-state index in [1.165, 1.54) is 22.3 Å². The molecule has 3 aliphatic rings. The van der Waals surface area contributed by atoms with E-state index in [4.69, 9.17) is 24.2 Å². The van der Waals surface area contributed by atoms with Gasteiger partial charge in [0, 0.05) is 37.2 Å². The largest absolute Gasteiger partial charge is 0.497 e. The summed E-state index contributed by atoms with van der Waals surface area (Å²) in [6, 6.07) is 4.98. The SMILES string of the molecule is C=C[C@H]1C[C@]1(NC(=O)[C@@H]1C[C@@H](Oc2nc(-c3csc(N(C)C)n3)cc3cc(OC)ccc23)CN1C(=O)[C@@H](NC(=O)OC(C)(C)C)C(C)(C)C)C(=O)NS(=O)(=O)C1CC1. The number of carbonyl (C=O) groups excluding carboxylic acids is 4. The zero-order valence-corrected chi connectivity index (χ0v) is 36.0. The van der Waals surface area contributed by atoms with E-state index in [1.807, 2.05) is 42.6 Å². The molecule has 5 atom stereocenters. The Kier molecular flexibility index (Phi) is 11.5. The van der Waals surface area contributed by atoms with Crippen LogP contribution in [0.3, 0.4) is 0 Å². The number of nitrogens with zero attached hydrogens (tertiary/aromatic N) is 4. The number of benzene rings is 1. The van der Waals surface area contributed by atoms with Crippen LogP contribution in [0.15, 0.2) is 42.3 Å². The summed E-state index contributed by atoms with van der Waals surface area (Å²) in [7, 11) is 1.44. The first-order chi connectivity index (χ1) is 27.0. The fourth-order valence-corrected chi connectivity index (χ4v) is 9.05. The first-order valence-corrected chi connectivity index (χ1v) is 21.6. The fourth-order valence-electron chi connectivity index (χ4n) is 6.93. The molecule has 314 valence electrons. The molecule has 3 heterocycles. The molecule has 58 heavy (non-hydrogen) atoms. The summed E-state index contributed by atoms with van der Waals surface area (Å²) in [4.78, 5) is 68.7. The molecule has 0 bridgehead atoms. The van der Waals surface area contributed by atoms with Crippen LogP contribution in [0, 0.1) is 11.3 Å². The number of amides is 4. The van der Waals surface area contributed by atoms with Gasteiger partial charge in [-0.25, -0.2) is 23.2 Å². The maximum Gasteiger partial charge on any atom is 0.408 e. The van der Waals surface area contributed by atoms with Crippen LogP contribution in [0.4, 0.5) is 9.93 Å². The predicted molar refractivity (Wildman–Crippen MR) is 220 cm³/mol. The van der Waals surface area contributed by atoms with Crippen molar-refractivity contribution in [2.75, 3.05) is 32.6 Å². The summed E-state index contributed by atoms with van der Waals surface area (Å²) in [6.45, 7) is 14.2. The summed E-state index contributed by atoms with van der Waals surface area (Å²) in [5.41, 5.74) is -2.12. The number of sulfonamides is 1.